The molecule has 3 aromatic heterocycles. The van der Waals surface area contributed by atoms with E-state index < -0.39 is 0 Å². The van der Waals surface area contributed by atoms with Crippen LogP contribution in [0.3, 0.4) is 0 Å². The van der Waals surface area contributed by atoms with E-state index in [0.717, 1.165) is 28.3 Å². The van der Waals surface area contributed by atoms with Crippen molar-refractivity contribution in [3.05, 3.63) is 44.6 Å². The van der Waals surface area contributed by atoms with Gasteiger partial charge in [0.05, 0.1) is 11.2 Å². The number of nitrogens with zero attached hydrogens (tertiary/aromatic N) is 5. The summed E-state index contributed by atoms with van der Waals surface area (Å²) in [5.74, 6) is 0.788. The molecule has 0 unspecified atom stereocenters. The van der Waals surface area contributed by atoms with Gasteiger partial charge in [0.2, 0.25) is 5.91 Å². The van der Waals surface area contributed by atoms with Crippen LogP contribution in [0.2, 0.25) is 0 Å². The molecule has 0 saturated carbocycles. The predicted molar refractivity (Wildman–Crippen MR) is 101 cm³/mol. The van der Waals surface area contributed by atoms with Gasteiger partial charge in [0.1, 0.15) is 17.1 Å². The molecule has 136 valence electrons. The molecule has 1 aliphatic rings. The Kier molecular flexibility index (Phi) is 4.14. The van der Waals surface area contributed by atoms with Crippen LogP contribution in [0.4, 0.5) is 0 Å². The number of carbonyl (C=O) groups excluding carboxylic acids is 1. The number of aromatic nitrogens is 4. The SMILES string of the molecule is Cc1nn(CC(=O)N2CCc3nc4ccsc4c(=O)n3CC2)c(C)c1C. The fourth-order valence-electron chi connectivity index (χ4n) is 3.40. The summed E-state index contributed by atoms with van der Waals surface area (Å²) in [5, 5.41) is 6.35. The number of hydrogen-bond acceptors (Lipinski definition) is 5. The Labute approximate surface area is 154 Å². The van der Waals surface area contributed by atoms with Crippen molar-refractivity contribution in [2.45, 2.75) is 40.3 Å². The monoisotopic (exact) mass is 371 g/mol. The largest absolute Gasteiger partial charge is 0.339 e. The van der Waals surface area contributed by atoms with Crippen LogP contribution >= 0.6 is 11.3 Å². The van der Waals surface area contributed by atoms with Crippen molar-refractivity contribution in [2.24, 2.45) is 0 Å². The Morgan fingerprint density at radius 2 is 2.04 bits per heavy atom. The first kappa shape index (κ1) is 17.0. The van der Waals surface area contributed by atoms with Crippen LogP contribution in [-0.2, 0) is 24.3 Å². The van der Waals surface area contributed by atoms with E-state index in [1.165, 1.54) is 11.3 Å². The molecule has 1 aliphatic heterocycles. The van der Waals surface area contributed by atoms with Gasteiger partial charge in [0.25, 0.3) is 5.56 Å². The highest BCUT2D eigenvalue weighted by molar-refractivity contribution is 7.17. The number of thiophene rings is 1. The summed E-state index contributed by atoms with van der Waals surface area (Å²) >= 11 is 1.42. The molecular formula is C18H21N5O2S. The topological polar surface area (TPSA) is 73.0 Å². The average Bonchev–Trinajstić information content (AvgIpc) is 3.09. The van der Waals surface area contributed by atoms with Crippen molar-refractivity contribution in [1.29, 1.82) is 0 Å². The molecule has 0 fully saturated rings. The highest BCUT2D eigenvalue weighted by atomic mass is 32.1. The van der Waals surface area contributed by atoms with E-state index >= 15 is 0 Å². The first-order valence-corrected chi connectivity index (χ1v) is 9.59. The van der Waals surface area contributed by atoms with E-state index in [1.54, 1.807) is 9.25 Å². The molecule has 0 saturated heterocycles. The molecule has 3 aromatic rings. The van der Waals surface area contributed by atoms with Crippen molar-refractivity contribution >= 4 is 27.5 Å². The summed E-state index contributed by atoms with van der Waals surface area (Å²) in [5.41, 5.74) is 3.85. The predicted octanol–water partition coefficient (Wildman–Crippen LogP) is 1.66. The highest BCUT2D eigenvalue weighted by Gasteiger charge is 2.22. The van der Waals surface area contributed by atoms with Crippen molar-refractivity contribution in [2.75, 3.05) is 13.1 Å². The van der Waals surface area contributed by atoms with Gasteiger partial charge in [-0.1, -0.05) is 0 Å². The average molecular weight is 371 g/mol. The lowest BCUT2D eigenvalue weighted by molar-refractivity contribution is -0.132. The Morgan fingerprint density at radius 3 is 2.77 bits per heavy atom. The molecule has 0 atom stereocenters. The number of carbonyl (C=O) groups is 1. The van der Waals surface area contributed by atoms with Crippen molar-refractivity contribution in [3.63, 3.8) is 0 Å². The van der Waals surface area contributed by atoms with Gasteiger partial charge in [-0.3, -0.25) is 18.8 Å². The molecule has 26 heavy (non-hydrogen) atoms. The van der Waals surface area contributed by atoms with Crippen LogP contribution in [0.15, 0.2) is 16.2 Å². The molecule has 4 heterocycles. The van der Waals surface area contributed by atoms with Crippen molar-refractivity contribution in [3.8, 4) is 0 Å². The number of fused-ring (bicyclic) bond motifs is 2. The first-order valence-electron chi connectivity index (χ1n) is 8.71. The maximum Gasteiger partial charge on any atom is 0.271 e. The Morgan fingerprint density at radius 1 is 1.23 bits per heavy atom. The van der Waals surface area contributed by atoms with Crippen LogP contribution in [0.1, 0.15) is 22.8 Å². The summed E-state index contributed by atoms with van der Waals surface area (Å²) in [6, 6.07) is 1.88. The van der Waals surface area contributed by atoms with Gasteiger partial charge in [-0.2, -0.15) is 5.10 Å². The summed E-state index contributed by atoms with van der Waals surface area (Å²) in [6.45, 7) is 7.75. The zero-order valence-corrected chi connectivity index (χ0v) is 16.0. The Balaban J connectivity index is 1.55. The fourth-order valence-corrected chi connectivity index (χ4v) is 4.18. The van der Waals surface area contributed by atoms with E-state index in [-0.39, 0.29) is 18.0 Å². The molecule has 0 N–H and O–H groups in total. The third-order valence-corrected chi connectivity index (χ3v) is 6.12. The smallest absolute Gasteiger partial charge is 0.271 e. The Bertz CT molecular complexity index is 1060. The molecular weight excluding hydrogens is 350 g/mol. The number of rotatable bonds is 2. The van der Waals surface area contributed by atoms with Crippen molar-refractivity contribution < 1.29 is 4.79 Å². The molecule has 0 bridgehead atoms. The first-order chi connectivity index (χ1) is 12.5. The lowest BCUT2D eigenvalue weighted by Gasteiger charge is -2.20. The highest BCUT2D eigenvalue weighted by Crippen LogP contribution is 2.17. The molecule has 8 heteroatoms. The molecule has 1 amide bonds. The maximum absolute atomic E-state index is 12.8. The van der Waals surface area contributed by atoms with E-state index in [2.05, 4.69) is 10.1 Å². The normalized spacial score (nSPS) is 14.5. The second-order valence-electron chi connectivity index (χ2n) is 6.70. The number of hydrogen-bond donors (Lipinski definition) is 0. The molecule has 0 spiro atoms. The van der Waals surface area contributed by atoms with E-state index in [9.17, 15) is 9.59 Å². The van der Waals surface area contributed by atoms with Crippen LogP contribution in [-0.4, -0.2) is 43.2 Å². The van der Waals surface area contributed by atoms with Gasteiger partial charge in [-0.15, -0.1) is 11.3 Å². The van der Waals surface area contributed by atoms with Gasteiger partial charge in [0, 0.05) is 31.7 Å². The van der Waals surface area contributed by atoms with Gasteiger partial charge in [-0.25, -0.2) is 4.98 Å². The van der Waals surface area contributed by atoms with Crippen LogP contribution in [0.5, 0.6) is 0 Å². The van der Waals surface area contributed by atoms with Gasteiger partial charge >= 0.3 is 0 Å². The van der Waals surface area contributed by atoms with Crippen LogP contribution in [0.25, 0.3) is 10.2 Å². The molecule has 0 aromatic carbocycles. The lowest BCUT2D eigenvalue weighted by Crippen LogP contribution is -2.37. The minimum absolute atomic E-state index is 0.00321. The molecule has 0 aliphatic carbocycles. The van der Waals surface area contributed by atoms with E-state index in [4.69, 9.17) is 0 Å². The zero-order chi connectivity index (χ0) is 18.4. The van der Waals surface area contributed by atoms with Gasteiger partial charge < -0.3 is 4.90 Å². The summed E-state index contributed by atoms with van der Waals surface area (Å²) in [4.78, 5) is 31.9. The second-order valence-corrected chi connectivity index (χ2v) is 7.62. The summed E-state index contributed by atoms with van der Waals surface area (Å²) in [7, 11) is 0. The van der Waals surface area contributed by atoms with Gasteiger partial charge in [-0.05, 0) is 37.8 Å². The van der Waals surface area contributed by atoms with Crippen LogP contribution in [0, 0.1) is 20.8 Å². The van der Waals surface area contributed by atoms with E-state index in [0.29, 0.717) is 30.8 Å². The number of amides is 1. The fraction of sp³-hybridized carbons (Fsp3) is 0.444. The van der Waals surface area contributed by atoms with Crippen molar-refractivity contribution in [1.82, 2.24) is 24.2 Å². The lowest BCUT2D eigenvalue weighted by atomic mass is 10.2. The Hall–Kier alpha value is -2.48. The molecule has 7 nitrogen and oxygen atoms in total. The molecule has 4 rings (SSSR count). The van der Waals surface area contributed by atoms with Crippen LogP contribution < -0.4 is 5.56 Å². The summed E-state index contributed by atoms with van der Waals surface area (Å²) in [6.07, 6.45) is 0.586. The molecule has 0 radical (unpaired) electrons. The second kappa shape index (κ2) is 6.35. The number of aryl methyl sites for hydroxylation is 1. The van der Waals surface area contributed by atoms with Gasteiger partial charge in [0.15, 0.2) is 0 Å². The minimum Gasteiger partial charge on any atom is -0.339 e. The quantitative estimate of drug-likeness (QED) is 0.687. The zero-order valence-electron chi connectivity index (χ0n) is 15.2. The minimum atomic E-state index is 0.00321. The standard InChI is InChI=1S/C18H21N5O2S/c1-11-12(2)20-23(13(11)3)10-16(24)21-6-4-15-19-14-5-9-26-17(14)18(25)22(15)8-7-21/h5,9H,4,6-8,10H2,1-3H3. The maximum atomic E-state index is 12.8. The third-order valence-electron chi connectivity index (χ3n) is 5.22. The third kappa shape index (κ3) is 2.74. The summed E-state index contributed by atoms with van der Waals surface area (Å²) < 4.78 is 4.18. The van der Waals surface area contributed by atoms with E-state index in [1.807, 2.05) is 37.1 Å².